The van der Waals surface area contributed by atoms with E-state index < -0.39 is 6.04 Å². The lowest BCUT2D eigenvalue weighted by atomic mass is 10.3. The SMILES string of the molecule is Cc1cnn([C@@H](C)C(=O)NNC(=S)Nc2cn(C)nc2C)c1. The monoisotopic (exact) mass is 321 g/mol. The first-order valence-electron chi connectivity index (χ1n) is 6.74. The molecule has 0 saturated heterocycles. The van der Waals surface area contributed by atoms with Gasteiger partial charge >= 0.3 is 0 Å². The van der Waals surface area contributed by atoms with Crippen molar-refractivity contribution in [2.45, 2.75) is 26.8 Å². The molecule has 22 heavy (non-hydrogen) atoms. The third-order valence-electron chi connectivity index (χ3n) is 3.07. The molecule has 2 aromatic rings. The number of thiocarbonyl (C=S) groups is 1. The van der Waals surface area contributed by atoms with E-state index in [0.717, 1.165) is 16.9 Å². The molecule has 0 aliphatic heterocycles. The molecule has 2 heterocycles. The van der Waals surface area contributed by atoms with Gasteiger partial charge in [0.1, 0.15) is 6.04 Å². The third-order valence-corrected chi connectivity index (χ3v) is 3.27. The summed E-state index contributed by atoms with van der Waals surface area (Å²) in [5.41, 5.74) is 7.82. The van der Waals surface area contributed by atoms with Gasteiger partial charge in [-0.2, -0.15) is 10.2 Å². The Bertz CT molecular complexity index is 690. The summed E-state index contributed by atoms with van der Waals surface area (Å²) in [5.74, 6) is -0.241. The molecule has 0 bridgehead atoms. The van der Waals surface area contributed by atoms with Crippen molar-refractivity contribution in [3.63, 3.8) is 0 Å². The number of carbonyl (C=O) groups excluding carboxylic acids is 1. The van der Waals surface area contributed by atoms with Crippen molar-refractivity contribution in [3.05, 3.63) is 29.8 Å². The van der Waals surface area contributed by atoms with E-state index in [1.165, 1.54) is 0 Å². The molecule has 0 spiro atoms. The van der Waals surface area contributed by atoms with Gasteiger partial charge in [0, 0.05) is 19.4 Å². The van der Waals surface area contributed by atoms with Gasteiger partial charge in [-0.25, -0.2) is 0 Å². The molecule has 0 radical (unpaired) electrons. The lowest BCUT2D eigenvalue weighted by Gasteiger charge is -2.15. The molecular weight excluding hydrogens is 302 g/mol. The minimum Gasteiger partial charge on any atom is -0.329 e. The van der Waals surface area contributed by atoms with E-state index in [1.54, 1.807) is 34.9 Å². The number of hydrogen-bond donors (Lipinski definition) is 3. The lowest BCUT2D eigenvalue weighted by molar-refractivity contribution is -0.124. The summed E-state index contributed by atoms with van der Waals surface area (Å²) in [6, 6.07) is -0.441. The number of aromatic nitrogens is 4. The van der Waals surface area contributed by atoms with Crippen LogP contribution in [0.5, 0.6) is 0 Å². The molecule has 0 fully saturated rings. The zero-order valence-corrected chi connectivity index (χ0v) is 13.7. The van der Waals surface area contributed by atoms with Crippen LogP contribution in [0.15, 0.2) is 18.6 Å². The second-order valence-corrected chi connectivity index (χ2v) is 5.45. The Kier molecular flexibility index (Phi) is 4.76. The van der Waals surface area contributed by atoms with E-state index in [1.807, 2.05) is 20.9 Å². The van der Waals surface area contributed by atoms with Gasteiger partial charge in [-0.15, -0.1) is 0 Å². The number of aryl methyl sites for hydroxylation is 3. The number of nitrogens with zero attached hydrogens (tertiary/aromatic N) is 4. The van der Waals surface area contributed by atoms with Crippen molar-refractivity contribution in [3.8, 4) is 0 Å². The molecule has 2 aromatic heterocycles. The maximum absolute atomic E-state index is 12.0. The van der Waals surface area contributed by atoms with Gasteiger partial charge in [0.25, 0.3) is 5.91 Å². The molecule has 3 N–H and O–H groups in total. The molecule has 2 rings (SSSR count). The van der Waals surface area contributed by atoms with Crippen LogP contribution in [-0.2, 0) is 11.8 Å². The van der Waals surface area contributed by atoms with Crippen molar-refractivity contribution >= 4 is 28.9 Å². The van der Waals surface area contributed by atoms with Crippen LogP contribution in [-0.4, -0.2) is 30.6 Å². The first kappa shape index (κ1) is 16.0. The molecule has 1 atom stereocenters. The van der Waals surface area contributed by atoms with Crippen molar-refractivity contribution < 1.29 is 4.79 Å². The fourth-order valence-corrected chi connectivity index (χ4v) is 2.02. The van der Waals surface area contributed by atoms with Crippen molar-refractivity contribution in [2.24, 2.45) is 7.05 Å². The first-order chi connectivity index (χ1) is 10.4. The van der Waals surface area contributed by atoms with E-state index in [-0.39, 0.29) is 11.0 Å². The van der Waals surface area contributed by atoms with Gasteiger partial charge in [0.05, 0.1) is 17.6 Å². The molecule has 118 valence electrons. The van der Waals surface area contributed by atoms with Crippen LogP contribution in [0, 0.1) is 13.8 Å². The molecule has 0 aromatic carbocycles. The molecule has 1 amide bonds. The second-order valence-electron chi connectivity index (χ2n) is 5.04. The number of hydrogen-bond acceptors (Lipinski definition) is 4. The second kappa shape index (κ2) is 6.56. The molecule has 0 saturated carbocycles. The van der Waals surface area contributed by atoms with Crippen LogP contribution in [0.4, 0.5) is 5.69 Å². The Labute approximate surface area is 133 Å². The highest BCUT2D eigenvalue weighted by atomic mass is 32.1. The summed E-state index contributed by atoms with van der Waals surface area (Å²) in [7, 11) is 1.82. The molecular formula is C13H19N7OS. The van der Waals surface area contributed by atoms with Gasteiger partial charge in [-0.3, -0.25) is 25.0 Å². The largest absolute Gasteiger partial charge is 0.329 e. The highest BCUT2D eigenvalue weighted by molar-refractivity contribution is 7.80. The molecule has 0 aliphatic carbocycles. The topological polar surface area (TPSA) is 88.8 Å². The molecule has 8 nitrogen and oxygen atoms in total. The van der Waals surface area contributed by atoms with E-state index in [4.69, 9.17) is 12.2 Å². The Morgan fingerprint density at radius 3 is 2.59 bits per heavy atom. The summed E-state index contributed by atoms with van der Waals surface area (Å²) in [5, 5.41) is 11.6. The van der Waals surface area contributed by atoms with Gasteiger partial charge in [-0.1, -0.05) is 0 Å². The molecule has 0 unspecified atom stereocenters. The summed E-state index contributed by atoms with van der Waals surface area (Å²) < 4.78 is 3.27. The fourth-order valence-electron chi connectivity index (χ4n) is 1.86. The number of rotatable bonds is 3. The predicted octanol–water partition coefficient (Wildman–Crippen LogP) is 0.812. The number of carbonyl (C=O) groups is 1. The maximum atomic E-state index is 12.0. The molecule has 9 heteroatoms. The van der Waals surface area contributed by atoms with Crippen molar-refractivity contribution in [2.75, 3.05) is 5.32 Å². The average Bonchev–Trinajstić information content (AvgIpc) is 3.01. The quantitative estimate of drug-likeness (QED) is 0.573. The van der Waals surface area contributed by atoms with Crippen LogP contribution in [0.3, 0.4) is 0 Å². The Morgan fingerprint density at radius 1 is 1.32 bits per heavy atom. The standard InChI is InChI=1S/C13H19N7OS/c1-8-5-14-20(6-8)10(3)12(21)16-17-13(22)15-11-7-19(4)18-9(11)2/h5-7,10H,1-4H3,(H,16,21)(H2,15,17,22)/t10-/m0/s1. The van der Waals surface area contributed by atoms with Crippen LogP contribution in [0.25, 0.3) is 0 Å². The van der Waals surface area contributed by atoms with Gasteiger partial charge in [0.15, 0.2) is 5.11 Å². The van der Waals surface area contributed by atoms with Crippen molar-refractivity contribution in [1.82, 2.24) is 30.4 Å². The highest BCUT2D eigenvalue weighted by Gasteiger charge is 2.15. The minimum atomic E-state index is -0.441. The van der Waals surface area contributed by atoms with Gasteiger partial charge < -0.3 is 5.32 Å². The summed E-state index contributed by atoms with van der Waals surface area (Å²) in [4.78, 5) is 12.0. The lowest BCUT2D eigenvalue weighted by Crippen LogP contribution is -2.46. The van der Waals surface area contributed by atoms with Gasteiger partial charge in [-0.05, 0) is 38.6 Å². The number of hydrazine groups is 1. The van der Waals surface area contributed by atoms with Crippen LogP contribution >= 0.6 is 12.2 Å². The smallest absolute Gasteiger partial charge is 0.262 e. The first-order valence-corrected chi connectivity index (χ1v) is 7.15. The summed E-state index contributed by atoms with van der Waals surface area (Å²) >= 11 is 5.13. The zero-order chi connectivity index (χ0) is 16.3. The highest BCUT2D eigenvalue weighted by Crippen LogP contribution is 2.10. The number of nitrogens with one attached hydrogen (secondary N) is 3. The van der Waals surface area contributed by atoms with Crippen LogP contribution in [0.1, 0.15) is 24.2 Å². The van der Waals surface area contributed by atoms with E-state index >= 15 is 0 Å². The Hall–Kier alpha value is -2.42. The molecule has 0 aliphatic rings. The maximum Gasteiger partial charge on any atom is 0.262 e. The van der Waals surface area contributed by atoms with E-state index in [0.29, 0.717) is 0 Å². The minimum absolute atomic E-state index is 0.241. The Morgan fingerprint density at radius 2 is 2.05 bits per heavy atom. The van der Waals surface area contributed by atoms with Gasteiger partial charge in [0.2, 0.25) is 0 Å². The zero-order valence-electron chi connectivity index (χ0n) is 12.9. The normalized spacial score (nSPS) is 11.8. The fraction of sp³-hybridized carbons (Fsp3) is 0.385. The summed E-state index contributed by atoms with van der Waals surface area (Å²) in [6.45, 7) is 5.54. The average molecular weight is 321 g/mol. The van der Waals surface area contributed by atoms with E-state index in [2.05, 4.69) is 26.4 Å². The van der Waals surface area contributed by atoms with E-state index in [9.17, 15) is 4.79 Å². The summed E-state index contributed by atoms with van der Waals surface area (Å²) in [6.07, 6.45) is 5.31. The number of anilines is 1. The number of amides is 1. The predicted molar refractivity (Wildman–Crippen MR) is 87.1 cm³/mol. The third kappa shape index (κ3) is 3.82. The van der Waals surface area contributed by atoms with Crippen LogP contribution < -0.4 is 16.2 Å². The van der Waals surface area contributed by atoms with Crippen molar-refractivity contribution in [1.29, 1.82) is 0 Å². The van der Waals surface area contributed by atoms with Crippen LogP contribution in [0.2, 0.25) is 0 Å². The Balaban J connectivity index is 1.85.